The van der Waals surface area contributed by atoms with E-state index < -0.39 is 17.9 Å². The van der Waals surface area contributed by atoms with Crippen molar-refractivity contribution < 1.29 is 14.4 Å². The quantitative estimate of drug-likeness (QED) is 0.412. The number of carbonyl (C=O) groups is 3. The molecular formula is C10H16N4O3S. The molecule has 100 valence electrons. The molecule has 0 aliphatic carbocycles. The van der Waals surface area contributed by atoms with Gasteiger partial charge in [0.05, 0.1) is 11.5 Å². The maximum absolute atomic E-state index is 11.8. The highest BCUT2D eigenvalue weighted by molar-refractivity contribution is 7.80. The Balaban J connectivity index is 2.62. The largest absolute Gasteiger partial charge is 0.392 e. The first-order chi connectivity index (χ1) is 8.47. The normalized spacial score (nSPS) is 18.3. The molecule has 0 spiro atoms. The van der Waals surface area contributed by atoms with E-state index in [1.807, 2.05) is 0 Å². The summed E-state index contributed by atoms with van der Waals surface area (Å²) in [4.78, 5) is 36.3. The van der Waals surface area contributed by atoms with Gasteiger partial charge in [-0.3, -0.25) is 14.4 Å². The fourth-order valence-electron chi connectivity index (χ4n) is 1.82. The highest BCUT2D eigenvalue weighted by Crippen LogP contribution is 2.17. The van der Waals surface area contributed by atoms with Gasteiger partial charge in [-0.25, -0.2) is 0 Å². The van der Waals surface area contributed by atoms with E-state index in [4.69, 9.17) is 5.73 Å². The molecule has 4 N–H and O–H groups in total. The number of nitrogens with one attached hydrogen (secondary N) is 2. The number of likely N-dealkylation sites (tertiary alicyclic amines) is 1. The van der Waals surface area contributed by atoms with Crippen molar-refractivity contribution in [2.75, 3.05) is 20.1 Å². The molecular weight excluding hydrogens is 256 g/mol. The Kier molecular flexibility index (Phi) is 5.02. The molecule has 7 nitrogen and oxygen atoms in total. The standard InChI is InChI=1S/C10H16N4O3S/c1-12-8(15)6-3-2-4-14(6)10(17)9(16)13-5-7(11)18/h6H,2-5H2,1H3,(H2,11,18)(H,12,15)(H,13,16). The molecule has 1 aliphatic heterocycles. The molecule has 3 amide bonds. The number of hydrogen-bond acceptors (Lipinski definition) is 4. The fourth-order valence-corrected chi connectivity index (χ4v) is 1.89. The van der Waals surface area contributed by atoms with Gasteiger partial charge in [0.25, 0.3) is 0 Å². The molecule has 0 radical (unpaired) electrons. The summed E-state index contributed by atoms with van der Waals surface area (Å²) in [6.07, 6.45) is 1.26. The fraction of sp³-hybridized carbons (Fsp3) is 0.600. The Morgan fingerprint density at radius 1 is 1.44 bits per heavy atom. The molecule has 1 saturated heterocycles. The number of likely N-dealkylation sites (N-methyl/N-ethyl adjacent to an activating group) is 1. The summed E-state index contributed by atoms with van der Waals surface area (Å²) < 4.78 is 0. The second kappa shape index (κ2) is 6.29. The third-order valence-electron chi connectivity index (χ3n) is 2.68. The highest BCUT2D eigenvalue weighted by atomic mass is 32.1. The van der Waals surface area contributed by atoms with E-state index in [0.717, 1.165) is 0 Å². The van der Waals surface area contributed by atoms with Gasteiger partial charge < -0.3 is 21.3 Å². The molecule has 1 rings (SSSR count). The Morgan fingerprint density at radius 3 is 2.67 bits per heavy atom. The number of thiocarbonyl (C=S) groups is 1. The summed E-state index contributed by atoms with van der Waals surface area (Å²) in [6.45, 7) is 0.371. The van der Waals surface area contributed by atoms with Crippen LogP contribution in [0.15, 0.2) is 0 Å². The lowest BCUT2D eigenvalue weighted by Gasteiger charge is -2.22. The van der Waals surface area contributed by atoms with Gasteiger partial charge in [0.1, 0.15) is 6.04 Å². The molecule has 1 heterocycles. The predicted octanol–water partition coefficient (Wildman–Crippen LogP) is -1.87. The topological polar surface area (TPSA) is 105 Å². The van der Waals surface area contributed by atoms with Crippen molar-refractivity contribution in [2.45, 2.75) is 18.9 Å². The van der Waals surface area contributed by atoms with E-state index in [1.54, 1.807) is 0 Å². The first kappa shape index (κ1) is 14.4. The zero-order valence-corrected chi connectivity index (χ0v) is 10.9. The molecule has 1 fully saturated rings. The minimum Gasteiger partial charge on any atom is -0.392 e. The van der Waals surface area contributed by atoms with E-state index in [0.29, 0.717) is 19.4 Å². The van der Waals surface area contributed by atoms with E-state index in [2.05, 4.69) is 22.9 Å². The predicted molar refractivity (Wildman–Crippen MR) is 68.6 cm³/mol. The average Bonchev–Trinajstić information content (AvgIpc) is 2.82. The van der Waals surface area contributed by atoms with E-state index in [-0.39, 0.29) is 17.4 Å². The van der Waals surface area contributed by atoms with Gasteiger partial charge in [0, 0.05) is 13.6 Å². The monoisotopic (exact) mass is 272 g/mol. The van der Waals surface area contributed by atoms with Crippen LogP contribution >= 0.6 is 12.2 Å². The van der Waals surface area contributed by atoms with Crippen LogP contribution in [0.25, 0.3) is 0 Å². The molecule has 0 aromatic carbocycles. The third-order valence-corrected chi connectivity index (χ3v) is 2.82. The van der Waals surface area contributed by atoms with Gasteiger partial charge in [-0.15, -0.1) is 0 Å². The maximum Gasteiger partial charge on any atom is 0.312 e. The van der Waals surface area contributed by atoms with Crippen molar-refractivity contribution in [2.24, 2.45) is 5.73 Å². The Labute approximate surface area is 110 Å². The number of hydrogen-bond donors (Lipinski definition) is 3. The molecule has 1 aliphatic rings. The Bertz CT molecular complexity index is 385. The van der Waals surface area contributed by atoms with Crippen LogP contribution in [0.2, 0.25) is 0 Å². The van der Waals surface area contributed by atoms with Crippen LogP contribution in [0.1, 0.15) is 12.8 Å². The summed E-state index contributed by atoms with van der Waals surface area (Å²) in [7, 11) is 1.50. The van der Waals surface area contributed by atoms with Crippen molar-refractivity contribution in [1.82, 2.24) is 15.5 Å². The smallest absolute Gasteiger partial charge is 0.312 e. The van der Waals surface area contributed by atoms with Crippen molar-refractivity contribution >= 4 is 34.9 Å². The second-order valence-corrected chi connectivity index (χ2v) is 4.44. The second-order valence-electron chi connectivity index (χ2n) is 3.92. The maximum atomic E-state index is 11.8. The van der Waals surface area contributed by atoms with E-state index >= 15 is 0 Å². The number of carbonyl (C=O) groups excluding carboxylic acids is 3. The minimum absolute atomic E-state index is 0.0294. The van der Waals surface area contributed by atoms with Crippen LogP contribution in [0.3, 0.4) is 0 Å². The summed E-state index contributed by atoms with van der Waals surface area (Å²) in [6, 6.07) is -0.571. The lowest BCUT2D eigenvalue weighted by atomic mass is 10.2. The van der Waals surface area contributed by atoms with Gasteiger partial charge in [-0.1, -0.05) is 12.2 Å². The zero-order valence-electron chi connectivity index (χ0n) is 10.1. The van der Waals surface area contributed by atoms with Crippen LogP contribution < -0.4 is 16.4 Å². The van der Waals surface area contributed by atoms with Gasteiger partial charge in [-0.05, 0) is 12.8 Å². The number of amides is 3. The number of rotatable bonds is 3. The summed E-state index contributed by atoms with van der Waals surface area (Å²) in [5.74, 6) is -1.78. The SMILES string of the molecule is CNC(=O)C1CCCN1C(=O)C(=O)NCC(N)=S. The molecule has 0 aromatic heterocycles. The van der Waals surface area contributed by atoms with Gasteiger partial charge in [0.15, 0.2) is 0 Å². The lowest BCUT2D eigenvalue weighted by Crippen LogP contribution is -2.50. The number of nitrogens with zero attached hydrogens (tertiary/aromatic N) is 1. The Morgan fingerprint density at radius 2 is 2.11 bits per heavy atom. The molecule has 1 unspecified atom stereocenters. The van der Waals surface area contributed by atoms with E-state index in [9.17, 15) is 14.4 Å². The van der Waals surface area contributed by atoms with Crippen molar-refractivity contribution in [3.05, 3.63) is 0 Å². The lowest BCUT2D eigenvalue weighted by molar-refractivity contribution is -0.148. The molecule has 8 heteroatoms. The van der Waals surface area contributed by atoms with E-state index in [1.165, 1.54) is 11.9 Å². The van der Waals surface area contributed by atoms with Crippen molar-refractivity contribution in [1.29, 1.82) is 0 Å². The molecule has 0 bridgehead atoms. The van der Waals surface area contributed by atoms with Gasteiger partial charge >= 0.3 is 11.8 Å². The van der Waals surface area contributed by atoms with Crippen LogP contribution in [-0.2, 0) is 14.4 Å². The number of nitrogens with two attached hydrogens (primary N) is 1. The van der Waals surface area contributed by atoms with Gasteiger partial charge in [0.2, 0.25) is 5.91 Å². The molecule has 1 atom stereocenters. The van der Waals surface area contributed by atoms with Crippen molar-refractivity contribution in [3.63, 3.8) is 0 Å². The van der Waals surface area contributed by atoms with Crippen LogP contribution in [0.5, 0.6) is 0 Å². The Hall–Kier alpha value is -1.70. The first-order valence-corrected chi connectivity index (χ1v) is 5.97. The van der Waals surface area contributed by atoms with Crippen molar-refractivity contribution in [3.8, 4) is 0 Å². The van der Waals surface area contributed by atoms with Crippen LogP contribution in [0, 0.1) is 0 Å². The van der Waals surface area contributed by atoms with Gasteiger partial charge in [-0.2, -0.15) is 0 Å². The molecule has 0 aromatic rings. The third kappa shape index (κ3) is 3.39. The van der Waals surface area contributed by atoms with Crippen LogP contribution in [-0.4, -0.2) is 53.8 Å². The highest BCUT2D eigenvalue weighted by Gasteiger charge is 2.36. The summed E-state index contributed by atoms with van der Waals surface area (Å²) in [5, 5.41) is 4.78. The van der Waals surface area contributed by atoms with Crippen LogP contribution in [0.4, 0.5) is 0 Å². The zero-order chi connectivity index (χ0) is 13.7. The summed E-state index contributed by atoms with van der Waals surface area (Å²) in [5.41, 5.74) is 5.22. The first-order valence-electron chi connectivity index (χ1n) is 5.56. The summed E-state index contributed by atoms with van der Waals surface area (Å²) >= 11 is 4.59. The minimum atomic E-state index is -0.793. The molecule has 18 heavy (non-hydrogen) atoms. The average molecular weight is 272 g/mol. The molecule has 0 saturated carbocycles.